The summed E-state index contributed by atoms with van der Waals surface area (Å²) >= 11 is 0. The number of carboxylic acid groups (broad SMARTS) is 1. The summed E-state index contributed by atoms with van der Waals surface area (Å²) < 4.78 is 5.24. The van der Waals surface area contributed by atoms with Gasteiger partial charge in [-0.1, -0.05) is 18.2 Å². The molecule has 0 saturated heterocycles. The average Bonchev–Trinajstić information content (AvgIpc) is 2.46. The molecule has 0 spiro atoms. The summed E-state index contributed by atoms with van der Waals surface area (Å²) in [4.78, 5) is 22.4. The van der Waals surface area contributed by atoms with Crippen LogP contribution in [0.15, 0.2) is 42.5 Å². The maximum absolute atomic E-state index is 11.4. The lowest BCUT2D eigenvalue weighted by Crippen LogP contribution is -1.98. The second-order valence-corrected chi connectivity index (χ2v) is 4.36. The van der Waals surface area contributed by atoms with E-state index in [-0.39, 0.29) is 11.3 Å². The number of carbonyl (C=O) groups excluding carboxylic acids is 1. The molecule has 2 aromatic carbocycles. The zero-order valence-electron chi connectivity index (χ0n) is 11.2. The number of benzene rings is 2. The van der Waals surface area contributed by atoms with E-state index in [2.05, 4.69) is 0 Å². The van der Waals surface area contributed by atoms with Crippen LogP contribution >= 0.6 is 0 Å². The van der Waals surface area contributed by atoms with Gasteiger partial charge < -0.3 is 9.84 Å². The fraction of sp³-hybridized carbons (Fsp3) is 0.125. The number of hydrogen-bond donors (Lipinski definition) is 1. The molecule has 102 valence electrons. The third-order valence-electron chi connectivity index (χ3n) is 3.03. The van der Waals surface area contributed by atoms with Crippen molar-refractivity contribution in [2.45, 2.75) is 6.92 Å². The number of ether oxygens (including phenoxy) is 1. The van der Waals surface area contributed by atoms with Crippen molar-refractivity contribution in [1.29, 1.82) is 0 Å². The minimum absolute atomic E-state index is 0.0204. The number of rotatable bonds is 4. The molecule has 1 N–H and O–H groups in total. The standard InChI is InChI=1S/C16H14O4/c1-10(17)11-4-3-5-12(8-11)14-7-6-13(16(18)19)9-15(14)20-2/h3-9H,1-2H3,(H,18,19). The highest BCUT2D eigenvalue weighted by Crippen LogP contribution is 2.31. The summed E-state index contributed by atoms with van der Waals surface area (Å²) in [6, 6.07) is 11.8. The SMILES string of the molecule is COc1cc(C(=O)O)ccc1-c1cccc(C(C)=O)c1. The fourth-order valence-electron chi connectivity index (χ4n) is 1.97. The van der Waals surface area contributed by atoms with Crippen LogP contribution in [0.4, 0.5) is 0 Å². The minimum atomic E-state index is -1.01. The summed E-state index contributed by atoms with van der Waals surface area (Å²) in [5, 5.41) is 8.98. The molecular formula is C16H14O4. The topological polar surface area (TPSA) is 63.6 Å². The van der Waals surface area contributed by atoms with Gasteiger partial charge in [-0.3, -0.25) is 4.79 Å². The first kappa shape index (κ1) is 13.8. The zero-order valence-corrected chi connectivity index (χ0v) is 11.2. The summed E-state index contributed by atoms with van der Waals surface area (Å²) in [5.41, 5.74) is 2.33. The summed E-state index contributed by atoms with van der Waals surface area (Å²) in [5.74, 6) is -0.564. The molecule has 2 rings (SSSR count). The molecule has 0 saturated carbocycles. The first-order chi connectivity index (χ1) is 9.52. The predicted octanol–water partition coefficient (Wildman–Crippen LogP) is 3.26. The number of Topliss-reactive ketones (excluding diaryl/α,β-unsaturated/α-hetero) is 1. The van der Waals surface area contributed by atoms with Crippen LogP contribution in [0, 0.1) is 0 Å². The van der Waals surface area contributed by atoms with Crippen LogP contribution in [0.2, 0.25) is 0 Å². The molecule has 4 heteroatoms. The van der Waals surface area contributed by atoms with E-state index in [0.717, 1.165) is 11.1 Å². The monoisotopic (exact) mass is 270 g/mol. The highest BCUT2D eigenvalue weighted by molar-refractivity contribution is 5.96. The van der Waals surface area contributed by atoms with Gasteiger partial charge >= 0.3 is 5.97 Å². The van der Waals surface area contributed by atoms with Crippen molar-refractivity contribution < 1.29 is 19.4 Å². The molecule has 2 aromatic rings. The van der Waals surface area contributed by atoms with Crippen LogP contribution in [0.1, 0.15) is 27.6 Å². The van der Waals surface area contributed by atoms with E-state index in [4.69, 9.17) is 9.84 Å². The Morgan fingerprint density at radius 2 is 1.80 bits per heavy atom. The maximum Gasteiger partial charge on any atom is 0.335 e. The highest BCUT2D eigenvalue weighted by Gasteiger charge is 2.11. The second kappa shape index (κ2) is 5.57. The Morgan fingerprint density at radius 1 is 1.05 bits per heavy atom. The predicted molar refractivity (Wildman–Crippen MR) is 75.4 cm³/mol. The van der Waals surface area contributed by atoms with Gasteiger partial charge in [-0.15, -0.1) is 0 Å². The number of aromatic carboxylic acids is 1. The van der Waals surface area contributed by atoms with Crippen LogP contribution in [0.3, 0.4) is 0 Å². The van der Waals surface area contributed by atoms with Crippen LogP contribution in [0.5, 0.6) is 5.75 Å². The van der Waals surface area contributed by atoms with Crippen molar-refractivity contribution in [3.05, 3.63) is 53.6 Å². The van der Waals surface area contributed by atoms with Crippen molar-refractivity contribution in [2.75, 3.05) is 7.11 Å². The summed E-state index contributed by atoms with van der Waals surface area (Å²) in [6.45, 7) is 1.50. The summed E-state index contributed by atoms with van der Waals surface area (Å²) in [6.07, 6.45) is 0. The fourth-order valence-corrected chi connectivity index (χ4v) is 1.97. The van der Waals surface area contributed by atoms with E-state index < -0.39 is 5.97 Å². The average molecular weight is 270 g/mol. The van der Waals surface area contributed by atoms with Gasteiger partial charge in [0.25, 0.3) is 0 Å². The number of methoxy groups -OCH3 is 1. The van der Waals surface area contributed by atoms with E-state index in [1.807, 2.05) is 6.07 Å². The van der Waals surface area contributed by atoms with Gasteiger partial charge in [0.15, 0.2) is 5.78 Å². The van der Waals surface area contributed by atoms with Gasteiger partial charge in [-0.25, -0.2) is 4.79 Å². The normalized spacial score (nSPS) is 10.1. The molecule has 0 aromatic heterocycles. The lowest BCUT2D eigenvalue weighted by Gasteiger charge is -2.10. The van der Waals surface area contributed by atoms with Crippen molar-refractivity contribution >= 4 is 11.8 Å². The zero-order chi connectivity index (χ0) is 14.7. The largest absolute Gasteiger partial charge is 0.496 e. The Labute approximate surface area is 116 Å². The van der Waals surface area contributed by atoms with Gasteiger partial charge in [0.1, 0.15) is 5.75 Å². The molecule has 0 heterocycles. The van der Waals surface area contributed by atoms with Gasteiger partial charge in [0.05, 0.1) is 12.7 Å². The smallest absolute Gasteiger partial charge is 0.335 e. The van der Waals surface area contributed by atoms with E-state index in [9.17, 15) is 9.59 Å². The molecule has 0 unspecified atom stereocenters. The second-order valence-electron chi connectivity index (χ2n) is 4.36. The molecule has 0 bridgehead atoms. The van der Waals surface area contributed by atoms with Crippen LogP contribution in [-0.4, -0.2) is 24.0 Å². The van der Waals surface area contributed by atoms with Crippen LogP contribution in [-0.2, 0) is 0 Å². The minimum Gasteiger partial charge on any atom is -0.496 e. The van der Waals surface area contributed by atoms with Gasteiger partial charge in [0, 0.05) is 11.1 Å². The van der Waals surface area contributed by atoms with E-state index in [1.165, 1.54) is 26.2 Å². The lowest BCUT2D eigenvalue weighted by atomic mass is 9.99. The van der Waals surface area contributed by atoms with E-state index in [0.29, 0.717) is 11.3 Å². The molecule has 0 radical (unpaired) electrons. The molecular weight excluding hydrogens is 256 g/mol. The van der Waals surface area contributed by atoms with Gasteiger partial charge in [0.2, 0.25) is 0 Å². The number of ketones is 1. The van der Waals surface area contributed by atoms with Crippen LogP contribution in [0.25, 0.3) is 11.1 Å². The number of hydrogen-bond acceptors (Lipinski definition) is 3. The highest BCUT2D eigenvalue weighted by atomic mass is 16.5. The quantitative estimate of drug-likeness (QED) is 0.866. The molecule has 0 fully saturated rings. The molecule has 0 aliphatic carbocycles. The molecule has 0 atom stereocenters. The molecule has 20 heavy (non-hydrogen) atoms. The molecule has 0 aliphatic heterocycles. The third kappa shape index (κ3) is 2.69. The first-order valence-corrected chi connectivity index (χ1v) is 6.05. The van der Waals surface area contributed by atoms with Crippen molar-refractivity contribution in [2.24, 2.45) is 0 Å². The number of carboxylic acids is 1. The van der Waals surface area contributed by atoms with E-state index in [1.54, 1.807) is 24.3 Å². The molecule has 0 amide bonds. The third-order valence-corrected chi connectivity index (χ3v) is 3.03. The van der Waals surface area contributed by atoms with Crippen molar-refractivity contribution in [3.63, 3.8) is 0 Å². The molecule has 4 nitrogen and oxygen atoms in total. The van der Waals surface area contributed by atoms with Crippen molar-refractivity contribution in [1.82, 2.24) is 0 Å². The lowest BCUT2D eigenvalue weighted by molar-refractivity contribution is 0.0696. The summed E-state index contributed by atoms with van der Waals surface area (Å²) in [7, 11) is 1.49. The van der Waals surface area contributed by atoms with Gasteiger partial charge in [-0.05, 0) is 36.8 Å². The van der Waals surface area contributed by atoms with Crippen molar-refractivity contribution in [3.8, 4) is 16.9 Å². The first-order valence-electron chi connectivity index (χ1n) is 6.05. The molecule has 0 aliphatic rings. The van der Waals surface area contributed by atoms with Gasteiger partial charge in [-0.2, -0.15) is 0 Å². The Morgan fingerprint density at radius 3 is 2.40 bits per heavy atom. The Hall–Kier alpha value is -2.62. The Bertz CT molecular complexity index is 674. The maximum atomic E-state index is 11.4. The number of carbonyl (C=O) groups is 2. The van der Waals surface area contributed by atoms with Crippen LogP contribution < -0.4 is 4.74 Å². The van der Waals surface area contributed by atoms with E-state index >= 15 is 0 Å². The Kier molecular flexibility index (Phi) is 3.84. The Balaban J connectivity index is 2.54.